The zero-order valence-electron chi connectivity index (χ0n) is 15.6. The Labute approximate surface area is 152 Å². The minimum Gasteiger partial charge on any atom is -0.387 e. The molecule has 0 aromatic heterocycles. The fourth-order valence-corrected chi connectivity index (χ4v) is 7.76. The lowest BCUT2D eigenvalue weighted by atomic mass is 9.48. The Kier molecular flexibility index (Phi) is 4.58. The van der Waals surface area contributed by atoms with E-state index < -0.39 is 12.3 Å². The number of rotatable bonds is 3. The van der Waals surface area contributed by atoms with Gasteiger partial charge in [-0.2, -0.15) is 0 Å². The number of carbonyl (C=O) groups excluding carboxylic acids is 1. The molecular weight excluding hydrogens is 314 g/mol. The lowest BCUT2D eigenvalue weighted by molar-refractivity contribution is -0.131. The van der Waals surface area contributed by atoms with Crippen LogP contribution in [0.5, 0.6) is 0 Å². The van der Waals surface area contributed by atoms with Crippen molar-refractivity contribution in [2.24, 2.45) is 40.9 Å². The zero-order chi connectivity index (χ0) is 17.8. The molecule has 138 valence electrons. The van der Waals surface area contributed by atoms with E-state index in [0.29, 0.717) is 30.6 Å². The van der Waals surface area contributed by atoms with Crippen molar-refractivity contribution < 1.29 is 14.3 Å². The molecule has 0 amide bonds. The maximum absolute atomic E-state index is 13.2. The maximum atomic E-state index is 13.2. The van der Waals surface area contributed by atoms with Crippen LogP contribution in [-0.2, 0) is 4.79 Å². The SMILES string of the molecule is [B]CC(=O)[C@H]1CC[C@H]2[C@@H]3CC[C@@H]4C[C@@](O)(CF)CC[C@@H]4[C@H]3CC[C@]12C. The highest BCUT2D eigenvalue weighted by Crippen LogP contribution is 2.64. The van der Waals surface area contributed by atoms with Crippen molar-refractivity contribution in [3.8, 4) is 0 Å². The van der Waals surface area contributed by atoms with Gasteiger partial charge < -0.3 is 9.90 Å². The third-order valence-electron chi connectivity index (χ3n) is 8.94. The first kappa shape index (κ1) is 18.0. The van der Waals surface area contributed by atoms with Crippen LogP contribution in [0, 0.1) is 40.9 Å². The molecule has 25 heavy (non-hydrogen) atoms. The minimum atomic E-state index is -1.05. The van der Waals surface area contributed by atoms with Crippen molar-refractivity contribution >= 4 is 13.6 Å². The van der Waals surface area contributed by atoms with Crippen LogP contribution in [0.25, 0.3) is 0 Å². The first-order valence-electron chi connectivity index (χ1n) is 10.4. The third-order valence-corrected chi connectivity index (χ3v) is 8.94. The van der Waals surface area contributed by atoms with Crippen molar-refractivity contribution in [2.45, 2.75) is 76.6 Å². The van der Waals surface area contributed by atoms with E-state index in [1.807, 2.05) is 0 Å². The molecule has 0 unspecified atom stereocenters. The van der Waals surface area contributed by atoms with Crippen molar-refractivity contribution in [3.05, 3.63) is 0 Å². The lowest BCUT2D eigenvalue weighted by Crippen LogP contribution is -2.51. The molecule has 0 saturated heterocycles. The summed E-state index contributed by atoms with van der Waals surface area (Å²) < 4.78 is 13.2. The topological polar surface area (TPSA) is 37.3 Å². The summed E-state index contributed by atoms with van der Waals surface area (Å²) in [4.78, 5) is 12.4. The molecular formula is C21H32BFO2. The van der Waals surface area contributed by atoms with Gasteiger partial charge in [0.15, 0.2) is 0 Å². The van der Waals surface area contributed by atoms with Crippen LogP contribution < -0.4 is 0 Å². The average Bonchev–Trinajstić information content (AvgIpc) is 2.98. The van der Waals surface area contributed by atoms with Gasteiger partial charge in [-0.05, 0) is 99.1 Å². The van der Waals surface area contributed by atoms with Crippen LogP contribution in [0.1, 0.15) is 64.7 Å². The number of fused-ring (bicyclic) bond motifs is 5. The normalized spacial score (nSPS) is 52.1. The number of hydrogen-bond donors (Lipinski definition) is 1. The van der Waals surface area contributed by atoms with Gasteiger partial charge in [-0.1, -0.05) is 6.92 Å². The molecule has 8 atom stereocenters. The number of halogens is 1. The Morgan fingerprint density at radius 1 is 1.08 bits per heavy atom. The Morgan fingerprint density at radius 3 is 2.56 bits per heavy atom. The molecule has 2 radical (unpaired) electrons. The second-order valence-electron chi connectivity index (χ2n) is 9.88. The van der Waals surface area contributed by atoms with E-state index in [2.05, 4.69) is 6.92 Å². The Balaban J connectivity index is 1.52. The van der Waals surface area contributed by atoms with Gasteiger partial charge in [-0.3, -0.25) is 0 Å². The van der Waals surface area contributed by atoms with Crippen molar-refractivity contribution in [1.82, 2.24) is 0 Å². The standard InChI is InChI=1S/C21H32BFO2/c1-20-8-6-15-14-7-9-21(25,12-23)10-13(14)2-3-16(15)17(20)4-5-18(20)19(24)11-22/h13-18,25H,2-12H2,1H3/t13-,14+,15-,16-,17+,18-,20+,21-/m1/s1. The van der Waals surface area contributed by atoms with Crippen molar-refractivity contribution in [1.29, 1.82) is 0 Å². The predicted octanol–water partition coefficient (Wildman–Crippen LogP) is 4.11. The molecule has 4 aliphatic rings. The molecule has 4 fully saturated rings. The summed E-state index contributed by atoms with van der Waals surface area (Å²) in [7, 11) is 5.69. The minimum absolute atomic E-state index is 0.152. The highest BCUT2D eigenvalue weighted by Gasteiger charge is 2.58. The second kappa shape index (κ2) is 6.35. The molecule has 0 heterocycles. The van der Waals surface area contributed by atoms with Crippen LogP contribution in [-0.4, -0.2) is 31.0 Å². The summed E-state index contributed by atoms with van der Waals surface area (Å²) in [5.74, 6) is 3.73. The van der Waals surface area contributed by atoms with Crippen LogP contribution >= 0.6 is 0 Å². The number of alkyl halides is 1. The smallest absolute Gasteiger partial charge is 0.128 e. The van der Waals surface area contributed by atoms with E-state index in [9.17, 15) is 14.3 Å². The lowest BCUT2D eigenvalue weighted by Gasteiger charge is -2.57. The molecule has 0 spiro atoms. The number of Topliss-reactive ketones (excluding diaryl/α,β-unsaturated/α-hetero) is 1. The largest absolute Gasteiger partial charge is 0.387 e. The maximum Gasteiger partial charge on any atom is 0.128 e. The number of aliphatic hydroxyl groups is 1. The highest BCUT2D eigenvalue weighted by atomic mass is 19.1. The van der Waals surface area contributed by atoms with E-state index in [1.54, 1.807) is 0 Å². The Hall–Kier alpha value is -0.375. The van der Waals surface area contributed by atoms with E-state index in [0.717, 1.165) is 37.5 Å². The summed E-state index contributed by atoms with van der Waals surface area (Å²) in [6, 6.07) is 0. The molecule has 0 bridgehead atoms. The fraction of sp³-hybridized carbons (Fsp3) is 0.952. The number of carbonyl (C=O) groups is 1. The van der Waals surface area contributed by atoms with E-state index in [1.165, 1.54) is 19.3 Å². The molecule has 4 aliphatic carbocycles. The van der Waals surface area contributed by atoms with Gasteiger partial charge in [0.25, 0.3) is 0 Å². The first-order valence-corrected chi connectivity index (χ1v) is 10.4. The molecule has 2 nitrogen and oxygen atoms in total. The summed E-state index contributed by atoms with van der Waals surface area (Å²) >= 11 is 0. The van der Waals surface area contributed by atoms with Gasteiger partial charge in [-0.15, -0.1) is 0 Å². The van der Waals surface area contributed by atoms with Gasteiger partial charge in [0, 0.05) is 5.92 Å². The summed E-state index contributed by atoms with van der Waals surface area (Å²) in [5, 5.41) is 10.4. The van der Waals surface area contributed by atoms with E-state index >= 15 is 0 Å². The van der Waals surface area contributed by atoms with E-state index in [-0.39, 0.29) is 23.4 Å². The van der Waals surface area contributed by atoms with Gasteiger partial charge in [-0.25, -0.2) is 4.39 Å². The summed E-state index contributed by atoms with van der Waals surface area (Å²) in [6.45, 7) is 1.77. The third kappa shape index (κ3) is 2.73. The molecule has 4 rings (SSSR count). The molecule has 0 aliphatic heterocycles. The number of ketones is 1. The van der Waals surface area contributed by atoms with Crippen LogP contribution in [0.15, 0.2) is 0 Å². The van der Waals surface area contributed by atoms with E-state index in [4.69, 9.17) is 7.85 Å². The summed E-state index contributed by atoms with van der Waals surface area (Å²) in [5.41, 5.74) is -0.901. The Bertz CT molecular complexity index is 540. The second-order valence-corrected chi connectivity index (χ2v) is 9.88. The molecule has 4 saturated carbocycles. The first-order chi connectivity index (χ1) is 11.9. The van der Waals surface area contributed by atoms with Gasteiger partial charge in [0.05, 0.1) is 13.4 Å². The highest BCUT2D eigenvalue weighted by molar-refractivity contribution is 6.20. The molecule has 0 aromatic carbocycles. The molecule has 4 heteroatoms. The van der Waals surface area contributed by atoms with Crippen LogP contribution in [0.3, 0.4) is 0 Å². The van der Waals surface area contributed by atoms with Crippen molar-refractivity contribution in [3.63, 3.8) is 0 Å². The fourth-order valence-electron chi connectivity index (χ4n) is 7.76. The predicted molar refractivity (Wildman–Crippen MR) is 97.1 cm³/mol. The Morgan fingerprint density at radius 2 is 1.84 bits per heavy atom. The van der Waals surface area contributed by atoms with Crippen molar-refractivity contribution in [2.75, 3.05) is 6.67 Å². The molecule has 1 N–H and O–H groups in total. The van der Waals surface area contributed by atoms with Crippen LogP contribution in [0.2, 0.25) is 6.32 Å². The van der Waals surface area contributed by atoms with Gasteiger partial charge in [0.1, 0.15) is 12.5 Å². The average molecular weight is 346 g/mol. The van der Waals surface area contributed by atoms with Crippen LogP contribution in [0.4, 0.5) is 4.39 Å². The summed E-state index contributed by atoms with van der Waals surface area (Å²) in [6.07, 6.45) is 9.36. The monoisotopic (exact) mass is 346 g/mol. The zero-order valence-corrected chi connectivity index (χ0v) is 15.6. The molecule has 0 aromatic rings. The van der Waals surface area contributed by atoms with Gasteiger partial charge >= 0.3 is 0 Å². The van der Waals surface area contributed by atoms with Gasteiger partial charge in [0.2, 0.25) is 0 Å². The quantitative estimate of drug-likeness (QED) is 0.781. The number of hydrogen-bond acceptors (Lipinski definition) is 2.